The molecule has 2 N–H and O–H groups in total. The topological polar surface area (TPSA) is 54.0 Å². The minimum atomic E-state index is -0.148. The van der Waals surface area contributed by atoms with E-state index in [2.05, 4.69) is 15.6 Å². The van der Waals surface area contributed by atoms with Gasteiger partial charge in [0.2, 0.25) is 0 Å². The molecule has 0 aliphatic carbocycles. The van der Waals surface area contributed by atoms with Crippen LogP contribution in [-0.2, 0) is 6.54 Å². The van der Waals surface area contributed by atoms with E-state index in [1.54, 1.807) is 11.3 Å². The molecule has 0 saturated carbocycles. The van der Waals surface area contributed by atoms with Gasteiger partial charge in [-0.2, -0.15) is 0 Å². The number of amides is 2. The standard InChI is InChI=1S/C9H15N3OS/c1-6(2)11-9(13)10-4-8-5-14-7(3)12-8/h5-6H,4H2,1-3H3,(H2,10,11,13). The molecule has 0 unspecified atom stereocenters. The number of urea groups is 1. The van der Waals surface area contributed by atoms with Gasteiger partial charge in [-0.1, -0.05) is 0 Å². The summed E-state index contributed by atoms with van der Waals surface area (Å²) >= 11 is 1.59. The molecule has 0 aliphatic rings. The number of nitrogens with zero attached hydrogens (tertiary/aromatic N) is 1. The molecule has 0 aliphatic heterocycles. The quantitative estimate of drug-likeness (QED) is 0.802. The Balaban J connectivity index is 2.30. The van der Waals surface area contributed by atoms with Gasteiger partial charge in [0.1, 0.15) is 0 Å². The van der Waals surface area contributed by atoms with Gasteiger partial charge in [-0.15, -0.1) is 11.3 Å². The summed E-state index contributed by atoms with van der Waals surface area (Å²) in [6.07, 6.45) is 0. The summed E-state index contributed by atoms with van der Waals surface area (Å²) in [6.45, 7) is 6.28. The summed E-state index contributed by atoms with van der Waals surface area (Å²) in [5, 5.41) is 8.45. The van der Waals surface area contributed by atoms with Gasteiger partial charge in [-0.05, 0) is 20.8 Å². The number of rotatable bonds is 3. The molecule has 0 spiro atoms. The van der Waals surface area contributed by atoms with Crippen LogP contribution in [0.25, 0.3) is 0 Å². The van der Waals surface area contributed by atoms with Crippen molar-refractivity contribution in [3.63, 3.8) is 0 Å². The molecule has 1 heterocycles. The Morgan fingerprint density at radius 3 is 2.86 bits per heavy atom. The third kappa shape index (κ3) is 3.74. The maximum atomic E-state index is 11.2. The average Bonchev–Trinajstić information content (AvgIpc) is 2.47. The van der Waals surface area contributed by atoms with E-state index in [-0.39, 0.29) is 12.1 Å². The van der Waals surface area contributed by atoms with Crippen LogP contribution in [0.4, 0.5) is 4.79 Å². The zero-order valence-corrected chi connectivity index (χ0v) is 9.44. The number of hydrogen-bond acceptors (Lipinski definition) is 3. The van der Waals surface area contributed by atoms with Crippen LogP contribution in [0.2, 0.25) is 0 Å². The molecule has 2 amide bonds. The van der Waals surface area contributed by atoms with E-state index in [0.717, 1.165) is 10.7 Å². The molecular formula is C9H15N3OS. The van der Waals surface area contributed by atoms with E-state index in [0.29, 0.717) is 6.54 Å². The van der Waals surface area contributed by atoms with Gasteiger partial charge in [0.15, 0.2) is 0 Å². The zero-order valence-electron chi connectivity index (χ0n) is 8.63. The van der Waals surface area contributed by atoms with Crippen molar-refractivity contribution < 1.29 is 4.79 Å². The highest BCUT2D eigenvalue weighted by Crippen LogP contribution is 2.06. The third-order valence-corrected chi connectivity index (χ3v) is 2.34. The van der Waals surface area contributed by atoms with Crippen LogP contribution in [0.3, 0.4) is 0 Å². The second-order valence-electron chi connectivity index (χ2n) is 3.34. The highest BCUT2D eigenvalue weighted by atomic mass is 32.1. The molecule has 5 heteroatoms. The van der Waals surface area contributed by atoms with Crippen molar-refractivity contribution in [3.8, 4) is 0 Å². The van der Waals surface area contributed by atoms with Gasteiger partial charge in [0, 0.05) is 11.4 Å². The Morgan fingerprint density at radius 1 is 1.64 bits per heavy atom. The lowest BCUT2D eigenvalue weighted by Crippen LogP contribution is -2.39. The van der Waals surface area contributed by atoms with Crippen molar-refractivity contribution in [2.24, 2.45) is 0 Å². The van der Waals surface area contributed by atoms with E-state index in [9.17, 15) is 4.79 Å². The first-order chi connectivity index (χ1) is 6.58. The molecule has 0 fully saturated rings. The van der Waals surface area contributed by atoms with E-state index < -0.39 is 0 Å². The average molecular weight is 213 g/mol. The maximum Gasteiger partial charge on any atom is 0.315 e. The molecule has 0 saturated heterocycles. The van der Waals surface area contributed by atoms with Crippen LogP contribution in [0.5, 0.6) is 0 Å². The molecule has 1 aromatic rings. The number of carbonyl (C=O) groups is 1. The molecular weight excluding hydrogens is 198 g/mol. The van der Waals surface area contributed by atoms with Gasteiger partial charge in [0.05, 0.1) is 17.2 Å². The fourth-order valence-corrected chi connectivity index (χ4v) is 1.59. The lowest BCUT2D eigenvalue weighted by atomic mass is 10.4. The number of aryl methyl sites for hydroxylation is 1. The molecule has 0 bridgehead atoms. The monoisotopic (exact) mass is 213 g/mol. The van der Waals surface area contributed by atoms with Crippen LogP contribution >= 0.6 is 11.3 Å². The van der Waals surface area contributed by atoms with Crippen LogP contribution in [0, 0.1) is 6.92 Å². The zero-order chi connectivity index (χ0) is 10.6. The number of carbonyl (C=O) groups excluding carboxylic acids is 1. The second kappa shape index (κ2) is 4.95. The van der Waals surface area contributed by atoms with Crippen molar-refractivity contribution in [2.75, 3.05) is 0 Å². The number of nitrogens with one attached hydrogen (secondary N) is 2. The largest absolute Gasteiger partial charge is 0.336 e. The van der Waals surface area contributed by atoms with Crippen molar-refractivity contribution in [3.05, 3.63) is 16.1 Å². The van der Waals surface area contributed by atoms with E-state index in [1.807, 2.05) is 26.2 Å². The van der Waals surface area contributed by atoms with Gasteiger partial charge in [-0.3, -0.25) is 0 Å². The SMILES string of the molecule is Cc1nc(CNC(=O)NC(C)C)cs1. The van der Waals surface area contributed by atoms with Gasteiger partial charge in [0.25, 0.3) is 0 Å². The minimum Gasteiger partial charge on any atom is -0.336 e. The molecule has 1 aromatic heterocycles. The first-order valence-corrected chi connectivity index (χ1v) is 5.41. The second-order valence-corrected chi connectivity index (χ2v) is 4.40. The fraction of sp³-hybridized carbons (Fsp3) is 0.556. The van der Waals surface area contributed by atoms with E-state index in [4.69, 9.17) is 0 Å². The Kier molecular flexibility index (Phi) is 3.88. The van der Waals surface area contributed by atoms with Crippen LogP contribution in [0.1, 0.15) is 24.5 Å². The van der Waals surface area contributed by atoms with Crippen molar-refractivity contribution >= 4 is 17.4 Å². The summed E-state index contributed by atoms with van der Waals surface area (Å²) in [6, 6.07) is 0.0119. The fourth-order valence-electron chi connectivity index (χ4n) is 0.973. The minimum absolute atomic E-state index is 0.148. The van der Waals surface area contributed by atoms with Crippen LogP contribution in [0.15, 0.2) is 5.38 Å². The van der Waals surface area contributed by atoms with E-state index >= 15 is 0 Å². The normalized spacial score (nSPS) is 10.3. The lowest BCUT2D eigenvalue weighted by Gasteiger charge is -2.08. The molecule has 0 radical (unpaired) electrons. The Hall–Kier alpha value is -1.10. The van der Waals surface area contributed by atoms with Crippen LogP contribution < -0.4 is 10.6 Å². The number of hydrogen-bond donors (Lipinski definition) is 2. The smallest absolute Gasteiger partial charge is 0.315 e. The first-order valence-electron chi connectivity index (χ1n) is 4.53. The molecule has 14 heavy (non-hydrogen) atoms. The Bertz CT molecular complexity index is 309. The van der Waals surface area contributed by atoms with Gasteiger partial charge in [-0.25, -0.2) is 9.78 Å². The van der Waals surface area contributed by atoms with Crippen LogP contribution in [-0.4, -0.2) is 17.1 Å². The molecule has 78 valence electrons. The summed E-state index contributed by atoms with van der Waals surface area (Å²) in [7, 11) is 0. The Labute approximate surface area is 87.7 Å². The Morgan fingerprint density at radius 2 is 2.36 bits per heavy atom. The van der Waals surface area contributed by atoms with Gasteiger partial charge < -0.3 is 10.6 Å². The van der Waals surface area contributed by atoms with Gasteiger partial charge >= 0.3 is 6.03 Å². The summed E-state index contributed by atoms with van der Waals surface area (Å²) in [5.74, 6) is 0. The number of aromatic nitrogens is 1. The lowest BCUT2D eigenvalue weighted by molar-refractivity contribution is 0.238. The molecule has 0 atom stereocenters. The predicted octanol–water partition coefficient (Wildman–Crippen LogP) is 1.66. The third-order valence-electron chi connectivity index (χ3n) is 1.52. The number of thiazole rings is 1. The van der Waals surface area contributed by atoms with Crippen molar-refractivity contribution in [1.82, 2.24) is 15.6 Å². The summed E-state index contributed by atoms with van der Waals surface area (Å²) in [4.78, 5) is 15.4. The summed E-state index contributed by atoms with van der Waals surface area (Å²) in [5.41, 5.74) is 0.909. The molecule has 4 nitrogen and oxygen atoms in total. The molecule has 0 aromatic carbocycles. The van der Waals surface area contributed by atoms with Crippen molar-refractivity contribution in [1.29, 1.82) is 0 Å². The highest BCUT2D eigenvalue weighted by molar-refractivity contribution is 7.09. The summed E-state index contributed by atoms with van der Waals surface area (Å²) < 4.78 is 0. The van der Waals surface area contributed by atoms with Crippen molar-refractivity contribution in [2.45, 2.75) is 33.4 Å². The highest BCUT2D eigenvalue weighted by Gasteiger charge is 2.03. The maximum absolute atomic E-state index is 11.2. The molecule has 1 rings (SSSR count). The predicted molar refractivity (Wildman–Crippen MR) is 57.4 cm³/mol. The van der Waals surface area contributed by atoms with E-state index in [1.165, 1.54) is 0 Å². The first kappa shape index (κ1) is 11.0.